The molecule has 0 bridgehead atoms. The number of ketones is 1. The Hall–Kier alpha value is -3.13. The first-order valence-electron chi connectivity index (χ1n) is 9.96. The van der Waals surface area contributed by atoms with Crippen molar-refractivity contribution in [2.24, 2.45) is 13.0 Å². The van der Waals surface area contributed by atoms with E-state index in [9.17, 15) is 9.59 Å². The molecule has 0 spiro atoms. The third-order valence-electron chi connectivity index (χ3n) is 5.57. The Bertz CT molecular complexity index is 1150. The van der Waals surface area contributed by atoms with Crippen LogP contribution in [0.3, 0.4) is 0 Å². The van der Waals surface area contributed by atoms with Crippen LogP contribution in [0.5, 0.6) is 5.75 Å². The highest BCUT2D eigenvalue weighted by molar-refractivity contribution is 6.31. The van der Waals surface area contributed by atoms with Gasteiger partial charge in [-0.3, -0.25) is 14.2 Å². The van der Waals surface area contributed by atoms with Crippen LogP contribution in [0.1, 0.15) is 40.5 Å². The van der Waals surface area contributed by atoms with Crippen molar-refractivity contribution in [1.82, 2.24) is 14.7 Å². The van der Waals surface area contributed by atoms with Gasteiger partial charge in [0.2, 0.25) is 11.7 Å². The number of nitrogens with zero attached hydrogens (tertiary/aromatic N) is 4. The van der Waals surface area contributed by atoms with Crippen LogP contribution in [-0.2, 0) is 13.5 Å². The van der Waals surface area contributed by atoms with Crippen molar-refractivity contribution < 1.29 is 14.1 Å². The van der Waals surface area contributed by atoms with E-state index in [1.807, 2.05) is 36.2 Å². The topological polar surface area (TPSA) is 90.5 Å². The van der Waals surface area contributed by atoms with Gasteiger partial charge in [0.25, 0.3) is 5.56 Å². The molecule has 1 aliphatic carbocycles. The summed E-state index contributed by atoms with van der Waals surface area (Å²) in [5.41, 5.74) is 1.12. The largest absolute Gasteiger partial charge is 0.489 e. The lowest BCUT2D eigenvalue weighted by Gasteiger charge is -2.31. The number of methoxy groups -OCH3 is 1. The van der Waals surface area contributed by atoms with Gasteiger partial charge in [-0.25, -0.2) is 4.98 Å². The van der Waals surface area contributed by atoms with Crippen molar-refractivity contribution >= 4 is 23.3 Å². The highest BCUT2D eigenvalue weighted by atomic mass is 35.5. The van der Waals surface area contributed by atoms with Gasteiger partial charge in [0.15, 0.2) is 11.5 Å². The van der Waals surface area contributed by atoms with E-state index in [4.69, 9.17) is 20.9 Å². The van der Waals surface area contributed by atoms with Gasteiger partial charge < -0.3 is 14.2 Å². The number of benzene rings is 1. The normalized spacial score (nSPS) is 14.3. The summed E-state index contributed by atoms with van der Waals surface area (Å²) in [6.45, 7) is 0. The standard InChI is InChI=1S/C22H23ClN4O4/c1-26(19(14-8-9-14)15-6-4-5-7-16(15)23)22-25-18(20(30-3)21(29)27(22)2)17(28)10-13-11-24-31-12-13/h4-7,11-12,14,19H,8-10H2,1-3H3. The average molecular weight is 443 g/mol. The summed E-state index contributed by atoms with van der Waals surface area (Å²) in [6, 6.07) is 7.61. The second kappa shape index (κ2) is 8.55. The Balaban J connectivity index is 1.78. The molecule has 8 nitrogen and oxygen atoms in total. The minimum Gasteiger partial charge on any atom is -0.489 e. The smallest absolute Gasteiger partial charge is 0.297 e. The van der Waals surface area contributed by atoms with Crippen LogP contribution in [0, 0.1) is 5.92 Å². The summed E-state index contributed by atoms with van der Waals surface area (Å²) in [6.07, 6.45) is 4.96. The van der Waals surface area contributed by atoms with Crippen molar-refractivity contribution in [2.75, 3.05) is 19.1 Å². The van der Waals surface area contributed by atoms with Crippen molar-refractivity contribution in [3.8, 4) is 5.75 Å². The number of carbonyl (C=O) groups is 1. The molecule has 162 valence electrons. The Morgan fingerprint density at radius 1 is 1.39 bits per heavy atom. The number of carbonyl (C=O) groups excluding carboxylic acids is 1. The Morgan fingerprint density at radius 2 is 2.13 bits per heavy atom. The van der Waals surface area contributed by atoms with E-state index in [0.717, 1.165) is 18.4 Å². The Labute approximate surface area is 184 Å². The fraction of sp³-hybridized carbons (Fsp3) is 0.364. The minimum atomic E-state index is -0.429. The third kappa shape index (κ3) is 4.07. The van der Waals surface area contributed by atoms with Crippen molar-refractivity contribution in [3.63, 3.8) is 0 Å². The second-order valence-corrected chi connectivity index (χ2v) is 8.11. The molecule has 1 fully saturated rings. The lowest BCUT2D eigenvalue weighted by Crippen LogP contribution is -2.35. The van der Waals surface area contributed by atoms with Crippen molar-refractivity contribution in [3.05, 3.63) is 68.9 Å². The molecule has 1 aliphatic rings. The van der Waals surface area contributed by atoms with Gasteiger partial charge in [0.05, 0.1) is 19.3 Å². The van der Waals surface area contributed by atoms with E-state index in [2.05, 4.69) is 10.1 Å². The summed E-state index contributed by atoms with van der Waals surface area (Å²) >= 11 is 6.50. The number of Topliss-reactive ketones (excluding diaryl/α,β-unsaturated/α-hetero) is 1. The molecule has 0 aliphatic heterocycles. The predicted molar refractivity (Wildman–Crippen MR) is 116 cm³/mol. The van der Waals surface area contributed by atoms with E-state index in [1.54, 1.807) is 7.05 Å². The summed E-state index contributed by atoms with van der Waals surface area (Å²) in [5.74, 6) is 0.325. The fourth-order valence-corrected chi connectivity index (χ4v) is 4.12. The number of halogens is 1. The monoisotopic (exact) mass is 442 g/mol. The zero-order valence-electron chi connectivity index (χ0n) is 17.5. The Morgan fingerprint density at radius 3 is 2.74 bits per heavy atom. The number of aromatic nitrogens is 3. The maximum absolute atomic E-state index is 13.0. The average Bonchev–Trinajstić information content (AvgIpc) is 3.46. The van der Waals surface area contributed by atoms with E-state index >= 15 is 0 Å². The molecular weight excluding hydrogens is 420 g/mol. The van der Waals surface area contributed by atoms with Crippen molar-refractivity contribution in [1.29, 1.82) is 0 Å². The molecule has 0 radical (unpaired) electrons. The van der Waals surface area contributed by atoms with Crippen LogP contribution in [0.4, 0.5) is 5.95 Å². The zero-order chi connectivity index (χ0) is 22.1. The van der Waals surface area contributed by atoms with Gasteiger partial charge in [-0.05, 0) is 30.4 Å². The van der Waals surface area contributed by atoms with Gasteiger partial charge in [0.1, 0.15) is 6.26 Å². The molecule has 4 rings (SSSR count). The molecule has 1 aromatic carbocycles. The maximum atomic E-state index is 13.0. The number of hydrogen-bond acceptors (Lipinski definition) is 7. The van der Waals surface area contributed by atoms with Crippen LogP contribution in [0.2, 0.25) is 5.02 Å². The van der Waals surface area contributed by atoms with Crippen LogP contribution in [-0.4, -0.2) is 34.6 Å². The summed E-state index contributed by atoms with van der Waals surface area (Å²) < 4.78 is 11.5. The highest BCUT2D eigenvalue weighted by Gasteiger charge is 2.38. The molecular formula is C22H23ClN4O4. The lowest BCUT2D eigenvalue weighted by atomic mass is 10.0. The first-order chi connectivity index (χ1) is 14.9. The van der Waals surface area contributed by atoms with E-state index in [0.29, 0.717) is 22.5 Å². The second-order valence-electron chi connectivity index (χ2n) is 7.71. The quantitative estimate of drug-likeness (QED) is 0.493. The van der Waals surface area contributed by atoms with Crippen LogP contribution in [0.25, 0.3) is 0 Å². The van der Waals surface area contributed by atoms with Gasteiger partial charge in [-0.15, -0.1) is 0 Å². The molecule has 9 heteroatoms. The number of rotatable bonds is 8. The summed E-state index contributed by atoms with van der Waals surface area (Å²) in [7, 11) is 4.85. The molecule has 31 heavy (non-hydrogen) atoms. The molecule has 1 unspecified atom stereocenters. The zero-order valence-corrected chi connectivity index (χ0v) is 18.3. The highest BCUT2D eigenvalue weighted by Crippen LogP contribution is 2.46. The number of hydrogen-bond donors (Lipinski definition) is 0. The predicted octanol–water partition coefficient (Wildman–Crippen LogP) is 3.44. The molecule has 1 atom stereocenters. The third-order valence-corrected chi connectivity index (χ3v) is 5.91. The molecule has 0 saturated heterocycles. The van der Waals surface area contributed by atoms with E-state index in [-0.39, 0.29) is 29.7 Å². The molecule has 2 aromatic heterocycles. The maximum Gasteiger partial charge on any atom is 0.297 e. The number of anilines is 1. The van der Waals surface area contributed by atoms with Gasteiger partial charge in [0, 0.05) is 31.1 Å². The molecule has 0 amide bonds. The van der Waals surface area contributed by atoms with Gasteiger partial charge >= 0.3 is 0 Å². The molecule has 1 saturated carbocycles. The SMILES string of the molecule is COc1c(C(=O)Cc2cnoc2)nc(N(C)C(c2ccccc2Cl)C2CC2)n(C)c1=O. The van der Waals surface area contributed by atoms with Crippen LogP contribution in [0.15, 0.2) is 46.0 Å². The van der Waals surface area contributed by atoms with Crippen LogP contribution >= 0.6 is 11.6 Å². The Kier molecular flexibility index (Phi) is 5.82. The van der Waals surface area contributed by atoms with E-state index < -0.39 is 5.56 Å². The summed E-state index contributed by atoms with van der Waals surface area (Å²) in [5, 5.41) is 4.28. The van der Waals surface area contributed by atoms with E-state index in [1.165, 1.54) is 24.1 Å². The van der Waals surface area contributed by atoms with Crippen LogP contribution < -0.4 is 15.2 Å². The van der Waals surface area contributed by atoms with Gasteiger partial charge in [-0.1, -0.05) is 35.0 Å². The van der Waals surface area contributed by atoms with Crippen molar-refractivity contribution in [2.45, 2.75) is 25.3 Å². The lowest BCUT2D eigenvalue weighted by molar-refractivity contribution is 0.0984. The molecule has 2 heterocycles. The molecule has 3 aromatic rings. The summed E-state index contributed by atoms with van der Waals surface area (Å²) in [4.78, 5) is 32.5. The molecule has 0 N–H and O–H groups in total. The van der Waals surface area contributed by atoms with Gasteiger partial charge in [-0.2, -0.15) is 0 Å². The first kappa shape index (κ1) is 21.1. The minimum absolute atomic E-state index is 0.000249. The number of ether oxygens (including phenoxy) is 1. The fourth-order valence-electron chi connectivity index (χ4n) is 3.87. The first-order valence-corrected chi connectivity index (χ1v) is 10.3.